The number of nitrogens with one attached hydrogen (secondary N) is 1. The molecular formula is C18H28N2O. The molecule has 0 radical (unpaired) electrons. The van der Waals surface area contributed by atoms with E-state index in [9.17, 15) is 0 Å². The quantitative estimate of drug-likeness (QED) is 0.917. The van der Waals surface area contributed by atoms with E-state index in [1.807, 2.05) is 0 Å². The van der Waals surface area contributed by atoms with Crippen LogP contribution in [0.15, 0.2) is 12.1 Å². The third kappa shape index (κ3) is 3.00. The van der Waals surface area contributed by atoms with Crippen molar-refractivity contribution in [1.82, 2.24) is 10.3 Å². The van der Waals surface area contributed by atoms with Crippen LogP contribution in [0.2, 0.25) is 0 Å². The largest absolute Gasteiger partial charge is 0.375 e. The molecule has 0 bridgehead atoms. The fourth-order valence-corrected chi connectivity index (χ4v) is 4.05. The lowest BCUT2D eigenvalue weighted by atomic mass is 9.69. The van der Waals surface area contributed by atoms with Gasteiger partial charge in [-0.05, 0) is 70.0 Å². The van der Waals surface area contributed by atoms with E-state index in [2.05, 4.69) is 43.2 Å². The van der Waals surface area contributed by atoms with Gasteiger partial charge in [-0.3, -0.25) is 4.98 Å². The molecular weight excluding hydrogens is 260 g/mol. The molecule has 1 saturated heterocycles. The molecule has 2 unspecified atom stereocenters. The van der Waals surface area contributed by atoms with E-state index < -0.39 is 0 Å². The van der Waals surface area contributed by atoms with E-state index >= 15 is 0 Å². The van der Waals surface area contributed by atoms with Gasteiger partial charge in [0.2, 0.25) is 0 Å². The summed E-state index contributed by atoms with van der Waals surface area (Å²) in [5.74, 6) is 0.669. The first-order valence-electron chi connectivity index (χ1n) is 8.45. The number of hydrogen-bond donors (Lipinski definition) is 1. The molecule has 21 heavy (non-hydrogen) atoms. The number of pyridine rings is 1. The topological polar surface area (TPSA) is 34.2 Å². The predicted molar refractivity (Wildman–Crippen MR) is 85.4 cm³/mol. The third-order valence-corrected chi connectivity index (χ3v) is 5.29. The molecule has 2 aliphatic rings. The van der Waals surface area contributed by atoms with Crippen LogP contribution in [-0.2, 0) is 4.74 Å². The number of aryl methyl sites for hydroxylation is 2. The highest BCUT2D eigenvalue weighted by molar-refractivity contribution is 5.26. The Morgan fingerprint density at radius 2 is 2.19 bits per heavy atom. The third-order valence-electron chi connectivity index (χ3n) is 5.29. The molecule has 1 spiro atoms. The Labute approximate surface area is 128 Å². The maximum Gasteiger partial charge on any atom is 0.0686 e. The van der Waals surface area contributed by atoms with E-state index in [0.717, 1.165) is 25.3 Å². The lowest BCUT2D eigenvalue weighted by Gasteiger charge is -2.49. The van der Waals surface area contributed by atoms with Crippen molar-refractivity contribution in [2.24, 2.45) is 5.92 Å². The Bertz CT molecular complexity index is 496. The normalized spacial score (nSPS) is 25.6. The van der Waals surface area contributed by atoms with Crippen LogP contribution in [0.1, 0.15) is 62.0 Å². The molecule has 0 amide bonds. The second-order valence-electron chi connectivity index (χ2n) is 6.80. The lowest BCUT2D eigenvalue weighted by Crippen LogP contribution is -2.48. The number of rotatable bonds is 4. The zero-order chi connectivity index (χ0) is 14.9. The first-order valence-corrected chi connectivity index (χ1v) is 8.45. The van der Waals surface area contributed by atoms with Crippen LogP contribution in [0.25, 0.3) is 0 Å². The average molecular weight is 288 g/mol. The Kier molecular flexibility index (Phi) is 4.32. The van der Waals surface area contributed by atoms with Crippen molar-refractivity contribution in [2.45, 2.75) is 64.5 Å². The van der Waals surface area contributed by atoms with Crippen LogP contribution in [-0.4, -0.2) is 23.7 Å². The van der Waals surface area contributed by atoms with Gasteiger partial charge < -0.3 is 10.1 Å². The summed E-state index contributed by atoms with van der Waals surface area (Å²) in [4.78, 5) is 4.67. The Hall–Kier alpha value is -0.930. The van der Waals surface area contributed by atoms with Crippen LogP contribution < -0.4 is 5.32 Å². The minimum Gasteiger partial charge on any atom is -0.375 e. The summed E-state index contributed by atoms with van der Waals surface area (Å²) in [6.45, 7) is 8.33. The zero-order valence-corrected chi connectivity index (χ0v) is 13.6. The maximum absolute atomic E-state index is 6.10. The van der Waals surface area contributed by atoms with Gasteiger partial charge in [0.15, 0.2) is 0 Å². The average Bonchev–Trinajstić information content (AvgIpc) is 2.44. The second-order valence-corrected chi connectivity index (χ2v) is 6.80. The summed E-state index contributed by atoms with van der Waals surface area (Å²) in [5.41, 5.74) is 3.87. The van der Waals surface area contributed by atoms with Crippen molar-refractivity contribution in [3.63, 3.8) is 0 Å². The minimum absolute atomic E-state index is 0.211. The van der Waals surface area contributed by atoms with Gasteiger partial charge in [-0.2, -0.15) is 0 Å². The van der Waals surface area contributed by atoms with Crippen molar-refractivity contribution in [1.29, 1.82) is 0 Å². The molecule has 2 heterocycles. The van der Waals surface area contributed by atoms with E-state index in [0.29, 0.717) is 12.0 Å². The predicted octanol–water partition coefficient (Wildman–Crippen LogP) is 3.70. The van der Waals surface area contributed by atoms with Crippen LogP contribution in [0.5, 0.6) is 0 Å². The molecule has 3 rings (SSSR count). The molecule has 1 aromatic rings. The number of hydrogen-bond acceptors (Lipinski definition) is 3. The molecule has 1 aliphatic carbocycles. The fraction of sp³-hybridized carbons (Fsp3) is 0.722. The molecule has 2 fully saturated rings. The standard InChI is InChI=1S/C18H28N2O/c1-4-19-17(16-7-6-13(2)20-14(16)3)15-8-11-21-18(12-15)9-5-10-18/h6-7,15,17,19H,4-5,8-12H2,1-3H3. The van der Waals surface area contributed by atoms with Gasteiger partial charge in [0.05, 0.1) is 5.60 Å². The van der Waals surface area contributed by atoms with Gasteiger partial charge in [-0.1, -0.05) is 13.0 Å². The van der Waals surface area contributed by atoms with Crippen molar-refractivity contribution in [3.8, 4) is 0 Å². The van der Waals surface area contributed by atoms with Crippen LogP contribution in [0.3, 0.4) is 0 Å². The maximum atomic E-state index is 6.10. The Morgan fingerprint density at radius 1 is 1.38 bits per heavy atom. The van der Waals surface area contributed by atoms with Crippen LogP contribution >= 0.6 is 0 Å². The highest BCUT2D eigenvalue weighted by Gasteiger charge is 2.44. The number of ether oxygens (including phenoxy) is 1. The molecule has 1 aromatic heterocycles. The van der Waals surface area contributed by atoms with Gasteiger partial charge in [0, 0.05) is 24.0 Å². The number of aromatic nitrogens is 1. The Balaban J connectivity index is 1.83. The van der Waals surface area contributed by atoms with Gasteiger partial charge in [0.25, 0.3) is 0 Å². The highest BCUT2D eigenvalue weighted by Crippen LogP contribution is 2.47. The fourth-order valence-electron chi connectivity index (χ4n) is 4.05. The highest BCUT2D eigenvalue weighted by atomic mass is 16.5. The van der Waals surface area contributed by atoms with Crippen LogP contribution in [0.4, 0.5) is 0 Å². The van der Waals surface area contributed by atoms with Crippen molar-refractivity contribution in [3.05, 3.63) is 29.1 Å². The first kappa shape index (κ1) is 15.0. The molecule has 1 aliphatic heterocycles. The molecule has 1 saturated carbocycles. The van der Waals surface area contributed by atoms with Crippen LogP contribution in [0, 0.1) is 19.8 Å². The summed E-state index contributed by atoms with van der Waals surface area (Å²) < 4.78 is 6.10. The summed E-state index contributed by atoms with van der Waals surface area (Å²) in [6.07, 6.45) is 6.22. The van der Waals surface area contributed by atoms with Gasteiger partial charge in [-0.15, -0.1) is 0 Å². The summed E-state index contributed by atoms with van der Waals surface area (Å²) in [7, 11) is 0. The van der Waals surface area contributed by atoms with E-state index in [1.54, 1.807) is 0 Å². The van der Waals surface area contributed by atoms with Crippen molar-refractivity contribution < 1.29 is 4.74 Å². The zero-order valence-electron chi connectivity index (χ0n) is 13.6. The summed E-state index contributed by atoms with van der Waals surface area (Å²) in [6, 6.07) is 4.84. The SMILES string of the molecule is CCNC(c1ccc(C)nc1C)C1CCOC2(CCC2)C1. The van der Waals surface area contributed by atoms with Gasteiger partial charge in [0.1, 0.15) is 0 Å². The van der Waals surface area contributed by atoms with Gasteiger partial charge in [-0.25, -0.2) is 0 Å². The molecule has 1 N–H and O–H groups in total. The first-order chi connectivity index (χ1) is 10.1. The summed E-state index contributed by atoms with van der Waals surface area (Å²) >= 11 is 0. The molecule has 3 nitrogen and oxygen atoms in total. The Morgan fingerprint density at radius 3 is 2.81 bits per heavy atom. The molecule has 3 heteroatoms. The second kappa shape index (κ2) is 6.05. The smallest absolute Gasteiger partial charge is 0.0686 e. The molecule has 2 atom stereocenters. The lowest BCUT2D eigenvalue weighted by molar-refractivity contribution is -0.147. The molecule has 116 valence electrons. The van der Waals surface area contributed by atoms with E-state index in [4.69, 9.17) is 4.74 Å². The van der Waals surface area contributed by atoms with E-state index in [1.165, 1.54) is 36.9 Å². The minimum atomic E-state index is 0.211. The summed E-state index contributed by atoms with van der Waals surface area (Å²) in [5, 5.41) is 3.72. The van der Waals surface area contributed by atoms with Gasteiger partial charge >= 0.3 is 0 Å². The number of nitrogens with zero attached hydrogens (tertiary/aromatic N) is 1. The molecule has 0 aromatic carbocycles. The van der Waals surface area contributed by atoms with Crippen molar-refractivity contribution in [2.75, 3.05) is 13.2 Å². The van der Waals surface area contributed by atoms with Crippen molar-refractivity contribution >= 4 is 0 Å². The van der Waals surface area contributed by atoms with E-state index in [-0.39, 0.29) is 5.60 Å². The monoisotopic (exact) mass is 288 g/mol.